The van der Waals surface area contributed by atoms with E-state index in [4.69, 9.17) is 4.74 Å². The van der Waals surface area contributed by atoms with Crippen molar-refractivity contribution in [2.24, 2.45) is 0 Å². The summed E-state index contributed by atoms with van der Waals surface area (Å²) < 4.78 is 29.7. The highest BCUT2D eigenvalue weighted by molar-refractivity contribution is 7.91. The molecule has 6 heteroatoms. The van der Waals surface area contributed by atoms with Crippen molar-refractivity contribution in [2.45, 2.75) is 24.1 Å². The van der Waals surface area contributed by atoms with Crippen LogP contribution in [0.3, 0.4) is 0 Å². The van der Waals surface area contributed by atoms with Crippen molar-refractivity contribution < 1.29 is 13.2 Å². The zero-order valence-electron chi connectivity index (χ0n) is 9.80. The molecule has 0 amide bonds. The predicted molar refractivity (Wildman–Crippen MR) is 67.1 cm³/mol. The quantitative estimate of drug-likeness (QED) is 0.914. The van der Waals surface area contributed by atoms with E-state index in [1.54, 1.807) is 6.07 Å². The van der Waals surface area contributed by atoms with Crippen molar-refractivity contribution in [3.63, 3.8) is 0 Å². The van der Waals surface area contributed by atoms with Gasteiger partial charge in [-0.15, -0.1) is 0 Å². The molecule has 1 N–H and O–H groups in total. The lowest BCUT2D eigenvalue weighted by molar-refractivity contribution is 0.127. The standard InChI is InChI=1S/C12H14N2O3S/c15-18(16,8-9-4-3-7-17-9)12-13-10-5-1-2-6-11(10)14-12/h1-2,5-6,9H,3-4,7-8H2,(H,13,14). The van der Waals surface area contributed by atoms with Gasteiger partial charge in [0.1, 0.15) is 0 Å². The minimum Gasteiger partial charge on any atom is -0.377 e. The third-order valence-electron chi connectivity index (χ3n) is 3.09. The molecular formula is C12H14N2O3S. The van der Waals surface area contributed by atoms with Crippen LogP contribution in [0.15, 0.2) is 29.4 Å². The van der Waals surface area contributed by atoms with E-state index in [9.17, 15) is 8.42 Å². The van der Waals surface area contributed by atoms with Gasteiger partial charge >= 0.3 is 0 Å². The highest BCUT2D eigenvalue weighted by Crippen LogP contribution is 2.19. The van der Waals surface area contributed by atoms with Crippen LogP contribution in [0, 0.1) is 0 Å². The van der Waals surface area contributed by atoms with Gasteiger partial charge < -0.3 is 9.72 Å². The van der Waals surface area contributed by atoms with Gasteiger partial charge in [0.15, 0.2) is 0 Å². The van der Waals surface area contributed by atoms with Crippen LogP contribution in [0.5, 0.6) is 0 Å². The van der Waals surface area contributed by atoms with Crippen molar-refractivity contribution in [3.8, 4) is 0 Å². The van der Waals surface area contributed by atoms with E-state index in [2.05, 4.69) is 9.97 Å². The summed E-state index contributed by atoms with van der Waals surface area (Å²) in [6.07, 6.45) is 1.54. The first kappa shape index (κ1) is 11.7. The van der Waals surface area contributed by atoms with Gasteiger partial charge in [-0.25, -0.2) is 13.4 Å². The number of nitrogens with zero attached hydrogens (tertiary/aromatic N) is 1. The average molecular weight is 266 g/mol. The van der Waals surface area contributed by atoms with Gasteiger partial charge in [-0.3, -0.25) is 0 Å². The first-order chi connectivity index (χ1) is 8.65. The number of fused-ring (bicyclic) bond motifs is 1. The molecular weight excluding hydrogens is 252 g/mol. The fraction of sp³-hybridized carbons (Fsp3) is 0.417. The van der Waals surface area contributed by atoms with Crippen molar-refractivity contribution in [1.82, 2.24) is 9.97 Å². The Kier molecular flexibility index (Phi) is 2.83. The summed E-state index contributed by atoms with van der Waals surface area (Å²) in [7, 11) is -3.40. The minimum atomic E-state index is -3.40. The van der Waals surface area contributed by atoms with Crippen molar-refractivity contribution in [1.29, 1.82) is 0 Å². The van der Waals surface area contributed by atoms with Crippen LogP contribution in [0.2, 0.25) is 0 Å². The third-order valence-corrected chi connectivity index (χ3v) is 4.68. The molecule has 0 aliphatic carbocycles. The Morgan fingerprint density at radius 2 is 2.22 bits per heavy atom. The Bertz CT molecular complexity index is 624. The minimum absolute atomic E-state index is 0.00677. The van der Waals surface area contributed by atoms with Crippen LogP contribution in [-0.4, -0.2) is 36.8 Å². The van der Waals surface area contributed by atoms with Crippen molar-refractivity contribution in [2.75, 3.05) is 12.4 Å². The Morgan fingerprint density at radius 3 is 2.94 bits per heavy atom. The molecule has 0 saturated carbocycles. The fourth-order valence-corrected chi connectivity index (χ4v) is 3.59. The lowest BCUT2D eigenvalue weighted by atomic mass is 10.3. The van der Waals surface area contributed by atoms with Crippen LogP contribution >= 0.6 is 0 Å². The molecule has 1 atom stereocenters. The molecule has 0 spiro atoms. The van der Waals surface area contributed by atoms with Gasteiger partial charge in [-0.05, 0) is 25.0 Å². The SMILES string of the molecule is O=S(=O)(CC1CCCO1)c1nc2ccccc2[nH]1. The number of nitrogens with one attached hydrogen (secondary N) is 1. The van der Waals surface area contributed by atoms with Crippen LogP contribution in [0.4, 0.5) is 0 Å². The number of para-hydroxylation sites is 2. The Hall–Kier alpha value is -1.40. The summed E-state index contributed by atoms with van der Waals surface area (Å²) in [6.45, 7) is 0.653. The maximum atomic E-state index is 12.2. The van der Waals surface area contributed by atoms with Crippen molar-refractivity contribution >= 4 is 20.9 Å². The molecule has 1 aliphatic heterocycles. The van der Waals surface area contributed by atoms with Crippen LogP contribution in [0.1, 0.15) is 12.8 Å². The largest absolute Gasteiger partial charge is 0.377 e. The van der Waals surface area contributed by atoms with Crippen LogP contribution in [0.25, 0.3) is 11.0 Å². The summed E-state index contributed by atoms with van der Waals surface area (Å²) in [5.74, 6) is 0.00677. The molecule has 1 aromatic heterocycles. The number of ether oxygens (including phenoxy) is 1. The zero-order valence-corrected chi connectivity index (χ0v) is 10.6. The summed E-state index contributed by atoms with van der Waals surface area (Å²) in [5, 5.41) is 0.0409. The third kappa shape index (κ3) is 2.13. The molecule has 1 unspecified atom stereocenters. The number of sulfone groups is 1. The number of hydrogen-bond donors (Lipinski definition) is 1. The smallest absolute Gasteiger partial charge is 0.226 e. The lowest BCUT2D eigenvalue weighted by Crippen LogP contribution is -2.21. The number of rotatable bonds is 3. The topological polar surface area (TPSA) is 72.1 Å². The highest BCUT2D eigenvalue weighted by Gasteiger charge is 2.27. The molecule has 0 bridgehead atoms. The maximum Gasteiger partial charge on any atom is 0.226 e. The molecule has 96 valence electrons. The first-order valence-electron chi connectivity index (χ1n) is 5.94. The monoisotopic (exact) mass is 266 g/mol. The molecule has 1 aromatic carbocycles. The number of aromatic nitrogens is 2. The molecule has 2 heterocycles. The molecule has 18 heavy (non-hydrogen) atoms. The Morgan fingerprint density at radius 1 is 1.39 bits per heavy atom. The molecule has 3 rings (SSSR count). The van der Waals surface area contributed by atoms with E-state index in [1.807, 2.05) is 18.2 Å². The molecule has 1 saturated heterocycles. The average Bonchev–Trinajstić information content (AvgIpc) is 2.96. The highest BCUT2D eigenvalue weighted by atomic mass is 32.2. The summed E-state index contributed by atoms with van der Waals surface area (Å²) in [6, 6.07) is 7.28. The normalized spacial score (nSPS) is 20.6. The van der Waals surface area contributed by atoms with E-state index in [-0.39, 0.29) is 17.0 Å². The molecule has 5 nitrogen and oxygen atoms in total. The summed E-state index contributed by atoms with van der Waals surface area (Å²) >= 11 is 0. The van der Waals surface area contributed by atoms with Crippen LogP contribution < -0.4 is 0 Å². The fourth-order valence-electron chi connectivity index (χ4n) is 2.18. The molecule has 1 aliphatic rings. The second kappa shape index (κ2) is 4.37. The van der Waals surface area contributed by atoms with E-state index in [0.29, 0.717) is 12.1 Å². The number of benzene rings is 1. The lowest BCUT2D eigenvalue weighted by Gasteiger charge is -2.07. The molecule has 0 radical (unpaired) electrons. The molecule has 1 fully saturated rings. The first-order valence-corrected chi connectivity index (χ1v) is 7.59. The van der Waals surface area contributed by atoms with Gasteiger partial charge in [0, 0.05) is 6.61 Å². The number of hydrogen-bond acceptors (Lipinski definition) is 4. The van der Waals surface area contributed by atoms with Gasteiger partial charge in [0.05, 0.1) is 22.9 Å². The van der Waals surface area contributed by atoms with Gasteiger partial charge in [0.25, 0.3) is 0 Å². The number of imidazole rings is 1. The van der Waals surface area contributed by atoms with Gasteiger partial charge in [0.2, 0.25) is 15.0 Å². The number of H-pyrrole nitrogens is 1. The van der Waals surface area contributed by atoms with Gasteiger partial charge in [-0.1, -0.05) is 12.1 Å². The van der Waals surface area contributed by atoms with E-state index < -0.39 is 9.84 Å². The summed E-state index contributed by atoms with van der Waals surface area (Å²) in [4.78, 5) is 6.98. The van der Waals surface area contributed by atoms with E-state index in [1.165, 1.54) is 0 Å². The second-order valence-electron chi connectivity index (χ2n) is 4.48. The van der Waals surface area contributed by atoms with E-state index in [0.717, 1.165) is 18.4 Å². The summed E-state index contributed by atoms with van der Waals surface area (Å²) in [5.41, 5.74) is 1.41. The van der Waals surface area contributed by atoms with Gasteiger partial charge in [-0.2, -0.15) is 0 Å². The Balaban J connectivity index is 1.92. The maximum absolute atomic E-state index is 12.2. The van der Waals surface area contributed by atoms with E-state index >= 15 is 0 Å². The van der Waals surface area contributed by atoms with Crippen molar-refractivity contribution in [3.05, 3.63) is 24.3 Å². The molecule has 2 aromatic rings. The van der Waals surface area contributed by atoms with Crippen LogP contribution in [-0.2, 0) is 14.6 Å². The Labute approximate surface area is 105 Å². The predicted octanol–water partition coefficient (Wildman–Crippen LogP) is 1.52. The second-order valence-corrected chi connectivity index (χ2v) is 6.43. The zero-order chi connectivity index (χ0) is 12.6. The number of aromatic amines is 1.